The minimum atomic E-state index is 0. The van der Waals surface area contributed by atoms with Gasteiger partial charge in [0, 0.05) is 13.4 Å². The molecule has 236 valence electrons. The number of benzene rings is 2. The van der Waals surface area contributed by atoms with Crippen molar-refractivity contribution >= 4 is 11.4 Å². The summed E-state index contributed by atoms with van der Waals surface area (Å²) in [5.74, 6) is 0.715. The first-order valence-corrected chi connectivity index (χ1v) is 17.0. The van der Waals surface area contributed by atoms with Crippen molar-refractivity contribution in [3.63, 3.8) is 0 Å². The largest absolute Gasteiger partial charge is 0.294 e. The topological polar surface area (TPSA) is 17.1 Å². The molecule has 0 bridgehead atoms. The first-order valence-electron chi connectivity index (χ1n) is 17.0. The van der Waals surface area contributed by atoms with Gasteiger partial charge in [0.15, 0.2) is 5.78 Å². The Morgan fingerprint density at radius 1 is 0.977 bits per heavy atom. The molecule has 5 rings (SSSR count). The summed E-state index contributed by atoms with van der Waals surface area (Å²) in [6.07, 6.45) is 24.4. The van der Waals surface area contributed by atoms with Crippen LogP contribution in [0.5, 0.6) is 0 Å². The monoisotopic (exact) mass is 582 g/mol. The van der Waals surface area contributed by atoms with Crippen molar-refractivity contribution in [2.45, 2.75) is 120 Å². The third-order valence-electron chi connectivity index (χ3n) is 7.68. The van der Waals surface area contributed by atoms with Crippen LogP contribution in [0.15, 0.2) is 96.6 Å². The summed E-state index contributed by atoms with van der Waals surface area (Å²) < 4.78 is 0. The lowest BCUT2D eigenvalue weighted by Gasteiger charge is -2.25. The van der Waals surface area contributed by atoms with Crippen LogP contribution >= 0.6 is 0 Å². The number of unbranched alkanes of at least 4 members (excludes halogenated alkanes) is 2. The highest BCUT2D eigenvalue weighted by Gasteiger charge is 2.26. The highest BCUT2D eigenvalue weighted by Crippen LogP contribution is 2.36. The Balaban J connectivity index is 0.000000678. The lowest BCUT2D eigenvalue weighted by Crippen LogP contribution is -2.18. The van der Waals surface area contributed by atoms with E-state index in [2.05, 4.69) is 106 Å². The van der Waals surface area contributed by atoms with Crippen LogP contribution in [0.1, 0.15) is 123 Å². The third-order valence-corrected chi connectivity index (χ3v) is 7.68. The van der Waals surface area contributed by atoms with E-state index in [4.69, 9.17) is 0 Å². The Morgan fingerprint density at radius 2 is 1.65 bits per heavy atom. The summed E-state index contributed by atoms with van der Waals surface area (Å²) in [6, 6.07) is 15.3. The molecule has 3 aliphatic carbocycles. The fourth-order valence-corrected chi connectivity index (χ4v) is 5.22. The molecule has 0 heterocycles. The van der Waals surface area contributed by atoms with E-state index >= 15 is 0 Å². The zero-order valence-corrected chi connectivity index (χ0v) is 28.8. The lowest BCUT2D eigenvalue weighted by atomic mass is 9.78. The molecular weight excluding hydrogens is 520 g/mol. The number of hydrogen-bond acceptors (Lipinski definition) is 1. The summed E-state index contributed by atoms with van der Waals surface area (Å²) in [6.45, 7) is 20.3. The first kappa shape index (κ1) is 37.8. The molecule has 0 N–H and O–H groups in total. The predicted octanol–water partition coefficient (Wildman–Crippen LogP) is 12.6. The third kappa shape index (κ3) is 13.8. The van der Waals surface area contributed by atoms with Crippen molar-refractivity contribution in [1.82, 2.24) is 0 Å². The van der Waals surface area contributed by atoms with Crippen molar-refractivity contribution in [1.29, 1.82) is 0 Å². The van der Waals surface area contributed by atoms with Gasteiger partial charge in [-0.25, -0.2) is 0 Å². The van der Waals surface area contributed by atoms with Gasteiger partial charge in [-0.2, -0.15) is 0 Å². The Bertz CT molecular complexity index is 1220. The lowest BCUT2D eigenvalue weighted by molar-refractivity contribution is -0.114. The molecule has 0 radical (unpaired) electrons. The molecule has 43 heavy (non-hydrogen) atoms. The normalized spacial score (nSPS) is 16.2. The average molecular weight is 583 g/mol. The van der Waals surface area contributed by atoms with Gasteiger partial charge < -0.3 is 0 Å². The number of carbonyl (C=O) groups excluding carboxylic acids is 1. The second kappa shape index (κ2) is 22.4. The van der Waals surface area contributed by atoms with Crippen molar-refractivity contribution in [3.8, 4) is 0 Å². The van der Waals surface area contributed by atoms with Gasteiger partial charge >= 0.3 is 0 Å². The van der Waals surface area contributed by atoms with E-state index < -0.39 is 0 Å². The fourth-order valence-electron chi connectivity index (χ4n) is 5.22. The Kier molecular flexibility index (Phi) is 19.7. The zero-order valence-electron chi connectivity index (χ0n) is 28.8. The van der Waals surface area contributed by atoms with E-state index in [1.165, 1.54) is 72.8 Å². The van der Waals surface area contributed by atoms with Crippen molar-refractivity contribution < 1.29 is 6.22 Å². The van der Waals surface area contributed by atoms with Crippen LogP contribution in [0.3, 0.4) is 0 Å². The van der Waals surface area contributed by atoms with Gasteiger partial charge in [-0.3, -0.25) is 4.79 Å². The van der Waals surface area contributed by atoms with Crippen LogP contribution < -0.4 is 0 Å². The molecule has 1 atom stereocenters. The molecule has 3 aliphatic rings. The number of rotatable bonds is 6. The molecule has 1 unspecified atom stereocenters. The second-order valence-corrected chi connectivity index (χ2v) is 11.1. The molecule has 0 fully saturated rings. The van der Waals surface area contributed by atoms with Crippen LogP contribution in [-0.4, -0.2) is 5.78 Å². The number of fused-ring (bicyclic) bond motifs is 2. The number of hydrogen-bond donors (Lipinski definition) is 0. The van der Waals surface area contributed by atoms with Crippen molar-refractivity contribution in [2.75, 3.05) is 0 Å². The minimum absolute atomic E-state index is 0. The van der Waals surface area contributed by atoms with Crippen LogP contribution in [0.4, 0.5) is 0 Å². The molecule has 1 nitrogen and oxygen atoms in total. The van der Waals surface area contributed by atoms with Gasteiger partial charge in [0.25, 0.3) is 0 Å². The Hall–Kier alpha value is -3.19. The van der Waals surface area contributed by atoms with E-state index in [9.17, 15) is 4.79 Å². The fraction of sp³-hybridized carbons (Fsp3) is 0.452. The van der Waals surface area contributed by atoms with Gasteiger partial charge in [-0.05, 0) is 98.6 Å². The van der Waals surface area contributed by atoms with Crippen LogP contribution in [0.2, 0.25) is 0 Å². The molecule has 0 saturated carbocycles. The maximum Gasteiger partial charge on any atom is 0.164 e. The first-order chi connectivity index (χ1) is 20.9. The zero-order chi connectivity index (χ0) is 32.0. The maximum atomic E-state index is 12.5. The highest BCUT2D eigenvalue weighted by atomic mass is 16.1. The second-order valence-electron chi connectivity index (χ2n) is 11.1. The van der Waals surface area contributed by atoms with Crippen LogP contribution in [0.25, 0.3) is 5.57 Å². The maximum absolute atomic E-state index is 12.5. The van der Waals surface area contributed by atoms with E-state index in [0.717, 1.165) is 29.6 Å². The highest BCUT2D eigenvalue weighted by molar-refractivity contribution is 6.22. The van der Waals surface area contributed by atoms with Crippen molar-refractivity contribution in [2.24, 2.45) is 5.92 Å². The molecular formula is C42H62O. The molecule has 0 aliphatic heterocycles. The number of allylic oxidation sites excluding steroid dienone is 9. The van der Waals surface area contributed by atoms with E-state index in [1.807, 2.05) is 34.6 Å². The van der Waals surface area contributed by atoms with Gasteiger partial charge in [-0.15, -0.1) is 0 Å². The summed E-state index contributed by atoms with van der Waals surface area (Å²) in [5, 5.41) is 0. The number of ketones is 1. The molecule has 0 saturated heterocycles. The molecule has 0 amide bonds. The molecule has 0 spiro atoms. The number of carbonyl (C=O) groups is 1. The molecule has 0 aromatic heterocycles. The van der Waals surface area contributed by atoms with E-state index in [-0.39, 0.29) is 1.43 Å². The quantitative estimate of drug-likeness (QED) is 0.244. The Labute approximate surface area is 267 Å². The number of Topliss-reactive ketones (excluding diaryl/α,β-unsaturated/α-hetero) is 1. The number of aryl methyl sites for hydroxylation is 4. The van der Waals surface area contributed by atoms with Crippen LogP contribution in [-0.2, 0) is 24.1 Å². The van der Waals surface area contributed by atoms with E-state index in [0.29, 0.717) is 18.1 Å². The molecule has 2 aromatic rings. The van der Waals surface area contributed by atoms with Gasteiger partial charge in [0.2, 0.25) is 0 Å². The average Bonchev–Trinajstić information content (AvgIpc) is 3.05. The standard InChI is InChI=1S/C20H20O.C9H12.C9H16.2C2H6.H2/c21-20-13-17-8-4-3-7-16(17)12-19(20)18-10-9-14-5-1-2-6-15(14)11-18;1-3-9-6-4-8(2)5-7-9;1-4-5-6-7-8-9(2)3;2*1-2;/h3-4,7,9-12,17H,1-2,5-6,8,13H2;4-7H,3H2,1-2H3;7-8H,2,4-6H2,1,3H3;2*1-2H3;1H/b;;8-7-;;;. The van der Waals surface area contributed by atoms with Gasteiger partial charge in [-0.1, -0.05) is 145 Å². The Morgan fingerprint density at radius 3 is 2.28 bits per heavy atom. The summed E-state index contributed by atoms with van der Waals surface area (Å²) in [7, 11) is 0. The summed E-state index contributed by atoms with van der Waals surface area (Å²) in [5.41, 5.74) is 10.2. The predicted molar refractivity (Wildman–Crippen MR) is 195 cm³/mol. The van der Waals surface area contributed by atoms with E-state index in [1.54, 1.807) is 0 Å². The van der Waals surface area contributed by atoms with Gasteiger partial charge in [0.1, 0.15) is 0 Å². The van der Waals surface area contributed by atoms with Gasteiger partial charge in [0.05, 0.1) is 0 Å². The summed E-state index contributed by atoms with van der Waals surface area (Å²) in [4.78, 5) is 12.5. The molecule has 1 heteroatoms. The van der Waals surface area contributed by atoms with Crippen LogP contribution in [0, 0.1) is 12.8 Å². The molecule has 2 aromatic carbocycles. The van der Waals surface area contributed by atoms with Crippen molar-refractivity contribution in [3.05, 3.63) is 124 Å². The SMILES string of the molecule is C=C(C)/C=C\CCCC.CC.CC.CCc1ccc(C)cc1.O=C1CC2CC=CC=C2C=C1c1ccc2c(c1)CCCC2.[HH]. The smallest absolute Gasteiger partial charge is 0.164 e. The summed E-state index contributed by atoms with van der Waals surface area (Å²) >= 11 is 0. The minimum Gasteiger partial charge on any atom is -0.294 e.